The molecule has 0 aromatic rings. The molecule has 74 valence electrons. The minimum Gasteiger partial charge on any atom is -0.447 e. The van der Waals surface area contributed by atoms with Gasteiger partial charge >= 0.3 is 6.09 Å². The molecule has 0 aromatic heterocycles. The van der Waals surface area contributed by atoms with Crippen LogP contribution in [-0.4, -0.2) is 18.2 Å². The van der Waals surface area contributed by atoms with Crippen molar-refractivity contribution in [1.82, 2.24) is 5.32 Å². The standard InChI is InChI=1S/C10H17NO2/c1-2-8-5-3-4-6-10(8)7-13-9(12)11-10/h8H,2-7H2,1H3,(H,11,12). The van der Waals surface area contributed by atoms with Crippen LogP contribution in [0.15, 0.2) is 0 Å². The van der Waals surface area contributed by atoms with Crippen molar-refractivity contribution in [2.24, 2.45) is 5.92 Å². The van der Waals surface area contributed by atoms with Crippen molar-refractivity contribution >= 4 is 6.09 Å². The number of rotatable bonds is 1. The molecule has 2 atom stereocenters. The van der Waals surface area contributed by atoms with Crippen LogP contribution < -0.4 is 5.32 Å². The van der Waals surface area contributed by atoms with Crippen LogP contribution in [0.1, 0.15) is 39.0 Å². The molecule has 3 nitrogen and oxygen atoms in total. The van der Waals surface area contributed by atoms with Gasteiger partial charge < -0.3 is 10.1 Å². The van der Waals surface area contributed by atoms with E-state index in [0.29, 0.717) is 12.5 Å². The molecule has 2 rings (SSSR count). The Balaban J connectivity index is 2.13. The highest BCUT2D eigenvalue weighted by molar-refractivity contribution is 5.70. The number of carbonyl (C=O) groups excluding carboxylic acids is 1. The van der Waals surface area contributed by atoms with Crippen LogP contribution >= 0.6 is 0 Å². The molecule has 1 N–H and O–H groups in total. The summed E-state index contributed by atoms with van der Waals surface area (Å²) in [6, 6.07) is 0. The Labute approximate surface area is 78.8 Å². The number of nitrogens with one attached hydrogen (secondary N) is 1. The third-order valence-electron chi connectivity index (χ3n) is 3.51. The molecule has 1 saturated carbocycles. The van der Waals surface area contributed by atoms with Crippen LogP contribution in [-0.2, 0) is 4.74 Å². The number of alkyl carbamates (subject to hydrolysis) is 1. The van der Waals surface area contributed by atoms with E-state index in [2.05, 4.69) is 12.2 Å². The van der Waals surface area contributed by atoms with Crippen LogP contribution in [0.5, 0.6) is 0 Å². The maximum Gasteiger partial charge on any atom is 0.407 e. The first kappa shape index (κ1) is 8.85. The third kappa shape index (κ3) is 1.40. The van der Waals surface area contributed by atoms with E-state index in [1.807, 2.05) is 0 Å². The molecule has 0 aromatic carbocycles. The quantitative estimate of drug-likeness (QED) is 0.675. The third-order valence-corrected chi connectivity index (χ3v) is 3.51. The van der Waals surface area contributed by atoms with E-state index in [-0.39, 0.29) is 11.6 Å². The van der Waals surface area contributed by atoms with Crippen LogP contribution in [0.2, 0.25) is 0 Å². The molecule has 0 radical (unpaired) electrons. The second-order valence-electron chi connectivity index (χ2n) is 4.21. The van der Waals surface area contributed by atoms with Gasteiger partial charge in [-0.15, -0.1) is 0 Å². The zero-order valence-corrected chi connectivity index (χ0v) is 8.14. The highest BCUT2D eigenvalue weighted by Gasteiger charge is 2.46. The van der Waals surface area contributed by atoms with Crippen molar-refractivity contribution in [2.75, 3.05) is 6.61 Å². The van der Waals surface area contributed by atoms with Gasteiger partial charge in [0.15, 0.2) is 0 Å². The molecule has 1 heterocycles. The predicted octanol–water partition coefficient (Wildman–Crippen LogP) is 2.07. The fourth-order valence-corrected chi connectivity index (χ4v) is 2.73. The minimum atomic E-state index is -0.222. The highest BCUT2D eigenvalue weighted by atomic mass is 16.6. The lowest BCUT2D eigenvalue weighted by Gasteiger charge is -2.38. The molecule has 13 heavy (non-hydrogen) atoms. The first-order chi connectivity index (χ1) is 6.27. The summed E-state index contributed by atoms with van der Waals surface area (Å²) in [4.78, 5) is 11.0. The SMILES string of the molecule is CCC1CCCCC12COC(=O)N2. The number of amides is 1. The van der Waals surface area contributed by atoms with E-state index in [4.69, 9.17) is 4.74 Å². The predicted molar refractivity (Wildman–Crippen MR) is 49.5 cm³/mol. The molecule has 0 bridgehead atoms. The molecule has 1 amide bonds. The molecule has 2 fully saturated rings. The first-order valence-electron chi connectivity index (χ1n) is 5.22. The summed E-state index contributed by atoms with van der Waals surface area (Å²) in [6.07, 6.45) is 5.78. The summed E-state index contributed by atoms with van der Waals surface area (Å²) >= 11 is 0. The number of hydrogen-bond acceptors (Lipinski definition) is 2. The Kier molecular flexibility index (Phi) is 2.18. The largest absolute Gasteiger partial charge is 0.447 e. The first-order valence-corrected chi connectivity index (χ1v) is 5.22. The molecule has 3 heteroatoms. The van der Waals surface area contributed by atoms with Crippen molar-refractivity contribution in [2.45, 2.75) is 44.6 Å². The molecule has 1 spiro atoms. The van der Waals surface area contributed by atoms with Crippen molar-refractivity contribution < 1.29 is 9.53 Å². The van der Waals surface area contributed by atoms with Crippen LogP contribution in [0, 0.1) is 5.92 Å². The Morgan fingerprint density at radius 1 is 1.62 bits per heavy atom. The smallest absolute Gasteiger partial charge is 0.407 e. The summed E-state index contributed by atoms with van der Waals surface area (Å²) in [5, 5.41) is 3.01. The molecule has 1 aliphatic heterocycles. The number of hydrogen-bond donors (Lipinski definition) is 1. The summed E-state index contributed by atoms with van der Waals surface area (Å²) in [6.45, 7) is 2.78. The van der Waals surface area contributed by atoms with Crippen molar-refractivity contribution in [3.63, 3.8) is 0 Å². The van der Waals surface area contributed by atoms with Gasteiger partial charge in [-0.1, -0.05) is 26.2 Å². The van der Waals surface area contributed by atoms with Crippen LogP contribution in [0.4, 0.5) is 4.79 Å². The average molecular weight is 183 g/mol. The van der Waals surface area contributed by atoms with Crippen LogP contribution in [0.3, 0.4) is 0 Å². The fourth-order valence-electron chi connectivity index (χ4n) is 2.73. The van der Waals surface area contributed by atoms with Crippen molar-refractivity contribution in [3.05, 3.63) is 0 Å². The maximum absolute atomic E-state index is 11.0. The van der Waals surface area contributed by atoms with E-state index in [9.17, 15) is 4.79 Å². The lowest BCUT2D eigenvalue weighted by molar-refractivity contribution is 0.128. The summed E-state index contributed by atoms with van der Waals surface area (Å²) < 4.78 is 5.03. The molecular weight excluding hydrogens is 166 g/mol. The molecule has 1 saturated heterocycles. The number of cyclic esters (lactones) is 1. The number of ether oxygens (including phenoxy) is 1. The van der Waals surface area contributed by atoms with Gasteiger partial charge in [0.25, 0.3) is 0 Å². The van der Waals surface area contributed by atoms with E-state index in [1.54, 1.807) is 0 Å². The Bertz CT molecular complexity index is 217. The van der Waals surface area contributed by atoms with Gasteiger partial charge in [0.05, 0.1) is 5.54 Å². The zero-order valence-electron chi connectivity index (χ0n) is 8.14. The second-order valence-corrected chi connectivity index (χ2v) is 4.21. The maximum atomic E-state index is 11.0. The fraction of sp³-hybridized carbons (Fsp3) is 0.900. The molecule has 2 unspecified atom stereocenters. The van der Waals surface area contributed by atoms with Crippen LogP contribution in [0.25, 0.3) is 0 Å². The van der Waals surface area contributed by atoms with Gasteiger partial charge in [-0.05, 0) is 18.8 Å². The Morgan fingerprint density at radius 3 is 3.08 bits per heavy atom. The van der Waals surface area contributed by atoms with E-state index < -0.39 is 0 Å². The van der Waals surface area contributed by atoms with E-state index >= 15 is 0 Å². The van der Waals surface area contributed by atoms with Gasteiger partial charge in [0.1, 0.15) is 6.61 Å². The van der Waals surface area contributed by atoms with Gasteiger partial charge in [-0.2, -0.15) is 0 Å². The Morgan fingerprint density at radius 2 is 2.46 bits per heavy atom. The second kappa shape index (κ2) is 3.20. The van der Waals surface area contributed by atoms with E-state index in [0.717, 1.165) is 12.8 Å². The highest BCUT2D eigenvalue weighted by Crippen LogP contribution is 2.38. The van der Waals surface area contributed by atoms with Gasteiger partial charge in [0.2, 0.25) is 0 Å². The minimum absolute atomic E-state index is 0.00984. The normalized spacial score (nSPS) is 38.8. The summed E-state index contributed by atoms with van der Waals surface area (Å²) in [5.41, 5.74) is -0.00984. The zero-order chi connectivity index (χ0) is 9.31. The van der Waals surface area contributed by atoms with Gasteiger partial charge in [-0.3, -0.25) is 0 Å². The number of carbonyl (C=O) groups is 1. The van der Waals surface area contributed by atoms with Gasteiger partial charge in [0, 0.05) is 0 Å². The van der Waals surface area contributed by atoms with Crippen molar-refractivity contribution in [1.29, 1.82) is 0 Å². The summed E-state index contributed by atoms with van der Waals surface area (Å²) in [5.74, 6) is 0.618. The lowest BCUT2D eigenvalue weighted by atomic mass is 9.72. The molecular formula is C10H17NO2. The summed E-state index contributed by atoms with van der Waals surface area (Å²) in [7, 11) is 0. The molecule has 2 aliphatic rings. The molecule has 1 aliphatic carbocycles. The van der Waals surface area contributed by atoms with Gasteiger partial charge in [-0.25, -0.2) is 4.79 Å². The van der Waals surface area contributed by atoms with E-state index in [1.165, 1.54) is 19.3 Å². The average Bonchev–Trinajstić information content (AvgIpc) is 2.49. The topological polar surface area (TPSA) is 38.3 Å². The lowest BCUT2D eigenvalue weighted by Crippen LogP contribution is -2.51. The monoisotopic (exact) mass is 183 g/mol. The Hall–Kier alpha value is -0.730. The van der Waals surface area contributed by atoms with Crippen molar-refractivity contribution in [3.8, 4) is 0 Å².